The zero-order valence-corrected chi connectivity index (χ0v) is 21.2. The molecule has 4 saturated carbocycles. The minimum atomic E-state index is -3.70. The SMILES string of the molecule is C=CC(=O)N[C@H]1CCCN(S(=O)(=O)c2ccc(C(=O)NCCC34CC5CC(CC(C5)C3)C4)cc2)C1. The van der Waals surface area contributed by atoms with E-state index in [0.717, 1.165) is 30.6 Å². The highest BCUT2D eigenvalue weighted by Crippen LogP contribution is 2.61. The number of hydrogen-bond acceptors (Lipinski definition) is 4. The van der Waals surface area contributed by atoms with Gasteiger partial charge < -0.3 is 10.6 Å². The van der Waals surface area contributed by atoms with Crippen LogP contribution in [0.3, 0.4) is 0 Å². The molecule has 5 fully saturated rings. The van der Waals surface area contributed by atoms with Crippen molar-refractivity contribution >= 4 is 21.8 Å². The van der Waals surface area contributed by atoms with Crippen LogP contribution in [0.2, 0.25) is 0 Å². The van der Waals surface area contributed by atoms with Crippen molar-refractivity contribution in [2.45, 2.75) is 68.7 Å². The lowest BCUT2D eigenvalue weighted by atomic mass is 9.49. The van der Waals surface area contributed by atoms with Crippen molar-refractivity contribution in [2.24, 2.45) is 23.2 Å². The first kappa shape index (κ1) is 24.5. The normalized spacial score (nSPS) is 32.2. The number of benzene rings is 1. The van der Waals surface area contributed by atoms with Crippen molar-refractivity contribution in [3.63, 3.8) is 0 Å². The Balaban J connectivity index is 1.16. The average molecular weight is 500 g/mol. The van der Waals surface area contributed by atoms with Crippen molar-refractivity contribution in [1.29, 1.82) is 0 Å². The first-order valence-corrected chi connectivity index (χ1v) is 14.5. The number of carbonyl (C=O) groups excluding carboxylic acids is 2. The summed E-state index contributed by atoms with van der Waals surface area (Å²) in [5.41, 5.74) is 0.904. The van der Waals surface area contributed by atoms with Crippen molar-refractivity contribution in [2.75, 3.05) is 19.6 Å². The Morgan fingerprint density at radius 1 is 1.06 bits per heavy atom. The Morgan fingerprint density at radius 3 is 2.29 bits per heavy atom. The van der Waals surface area contributed by atoms with Gasteiger partial charge in [-0.15, -0.1) is 0 Å². The van der Waals surface area contributed by atoms with Crippen LogP contribution in [0.1, 0.15) is 68.1 Å². The van der Waals surface area contributed by atoms with Crippen LogP contribution >= 0.6 is 0 Å². The van der Waals surface area contributed by atoms with Gasteiger partial charge >= 0.3 is 0 Å². The van der Waals surface area contributed by atoms with Crippen molar-refractivity contribution < 1.29 is 18.0 Å². The van der Waals surface area contributed by atoms with E-state index in [1.807, 2.05) is 0 Å². The maximum atomic E-state index is 13.1. The van der Waals surface area contributed by atoms with Gasteiger partial charge in [0, 0.05) is 31.2 Å². The Bertz CT molecular complexity index is 1050. The van der Waals surface area contributed by atoms with Crippen LogP contribution in [0, 0.1) is 23.2 Å². The second-order valence-electron chi connectivity index (χ2n) is 11.4. The Labute approximate surface area is 208 Å². The van der Waals surface area contributed by atoms with Gasteiger partial charge in [0.2, 0.25) is 15.9 Å². The fourth-order valence-electron chi connectivity index (χ4n) is 7.61. The van der Waals surface area contributed by atoms with Crippen molar-refractivity contribution in [3.8, 4) is 0 Å². The molecule has 6 rings (SSSR count). The van der Waals surface area contributed by atoms with Crippen LogP contribution in [0.4, 0.5) is 0 Å². The molecule has 8 heteroatoms. The fraction of sp³-hybridized carbons (Fsp3) is 0.630. The zero-order chi connectivity index (χ0) is 24.6. The van der Waals surface area contributed by atoms with Crippen LogP contribution in [0.25, 0.3) is 0 Å². The first-order valence-electron chi connectivity index (χ1n) is 13.1. The van der Waals surface area contributed by atoms with Gasteiger partial charge in [-0.2, -0.15) is 4.31 Å². The van der Waals surface area contributed by atoms with Gasteiger partial charge in [-0.05, 0) is 111 Å². The quantitative estimate of drug-likeness (QED) is 0.536. The van der Waals surface area contributed by atoms with Crippen LogP contribution < -0.4 is 10.6 Å². The van der Waals surface area contributed by atoms with E-state index >= 15 is 0 Å². The number of nitrogens with one attached hydrogen (secondary N) is 2. The lowest BCUT2D eigenvalue weighted by Gasteiger charge is -2.57. The molecule has 2 amide bonds. The van der Waals surface area contributed by atoms with Gasteiger partial charge in [0.05, 0.1) is 4.90 Å². The molecule has 1 aromatic rings. The number of hydrogen-bond donors (Lipinski definition) is 2. The molecule has 0 unspecified atom stereocenters. The van der Waals surface area contributed by atoms with E-state index in [1.54, 1.807) is 12.1 Å². The first-order chi connectivity index (χ1) is 16.8. The van der Waals surface area contributed by atoms with Crippen molar-refractivity contribution in [3.05, 3.63) is 42.5 Å². The third-order valence-electron chi connectivity index (χ3n) is 8.78. The van der Waals surface area contributed by atoms with E-state index in [0.29, 0.717) is 30.5 Å². The molecule has 1 atom stereocenters. The molecule has 1 saturated heterocycles. The Morgan fingerprint density at radius 2 is 1.69 bits per heavy atom. The van der Waals surface area contributed by atoms with E-state index in [2.05, 4.69) is 17.2 Å². The summed E-state index contributed by atoms with van der Waals surface area (Å²) >= 11 is 0. The van der Waals surface area contributed by atoms with E-state index < -0.39 is 10.0 Å². The Kier molecular flexibility index (Phi) is 6.79. The minimum absolute atomic E-state index is 0.149. The standard InChI is InChI=1S/C27H37N3O4S/c1-2-25(31)29-23-4-3-11-30(18-23)35(33,34)24-7-5-22(6-8-24)26(32)28-10-9-27-15-19-12-20(16-27)14-21(13-19)17-27/h2,5-8,19-21,23H,1,3-4,9-18H2,(H,28,32)(H,29,31)/t19?,20?,21?,23-,27?/m0/s1. The lowest BCUT2D eigenvalue weighted by molar-refractivity contribution is -0.117. The number of sulfonamides is 1. The zero-order valence-electron chi connectivity index (χ0n) is 20.4. The summed E-state index contributed by atoms with van der Waals surface area (Å²) in [6.45, 7) is 4.77. The maximum absolute atomic E-state index is 13.1. The van der Waals surface area contributed by atoms with Gasteiger partial charge in [0.15, 0.2) is 0 Å². The molecular weight excluding hydrogens is 462 g/mol. The molecule has 2 N–H and O–H groups in total. The third kappa shape index (κ3) is 5.19. The molecule has 1 aliphatic heterocycles. The Hall–Kier alpha value is -2.19. The molecule has 1 aromatic carbocycles. The van der Waals surface area contributed by atoms with Crippen LogP contribution in [0.5, 0.6) is 0 Å². The smallest absolute Gasteiger partial charge is 0.251 e. The van der Waals surface area contributed by atoms with Gasteiger partial charge in [0.25, 0.3) is 5.91 Å². The molecule has 0 radical (unpaired) electrons. The highest BCUT2D eigenvalue weighted by atomic mass is 32.2. The predicted octanol–water partition coefficient (Wildman–Crippen LogP) is 3.48. The number of carbonyl (C=O) groups is 2. The molecule has 35 heavy (non-hydrogen) atoms. The number of nitrogens with zero attached hydrogens (tertiary/aromatic N) is 1. The van der Waals surface area contributed by atoms with Crippen LogP contribution in [-0.2, 0) is 14.8 Å². The maximum Gasteiger partial charge on any atom is 0.251 e. The second kappa shape index (κ2) is 9.69. The molecule has 1 heterocycles. The molecule has 0 spiro atoms. The van der Waals surface area contributed by atoms with Crippen molar-refractivity contribution in [1.82, 2.24) is 14.9 Å². The van der Waals surface area contributed by atoms with E-state index in [9.17, 15) is 18.0 Å². The predicted molar refractivity (Wildman–Crippen MR) is 134 cm³/mol. The summed E-state index contributed by atoms with van der Waals surface area (Å²) in [4.78, 5) is 24.5. The summed E-state index contributed by atoms with van der Waals surface area (Å²) in [5, 5.41) is 5.87. The van der Waals surface area contributed by atoms with E-state index in [-0.39, 0.29) is 29.3 Å². The molecule has 0 aromatic heterocycles. The minimum Gasteiger partial charge on any atom is -0.352 e. The highest BCUT2D eigenvalue weighted by Gasteiger charge is 2.50. The highest BCUT2D eigenvalue weighted by molar-refractivity contribution is 7.89. The third-order valence-corrected chi connectivity index (χ3v) is 10.7. The summed E-state index contributed by atoms with van der Waals surface area (Å²) < 4.78 is 27.7. The van der Waals surface area contributed by atoms with E-state index in [1.165, 1.54) is 61.0 Å². The fourth-order valence-corrected chi connectivity index (χ4v) is 9.13. The lowest BCUT2D eigenvalue weighted by Crippen LogP contribution is -2.49. The number of amides is 2. The summed E-state index contributed by atoms with van der Waals surface area (Å²) in [5.74, 6) is 2.26. The molecule has 5 aliphatic rings. The summed E-state index contributed by atoms with van der Waals surface area (Å²) in [6, 6.07) is 5.97. The van der Waals surface area contributed by atoms with Gasteiger partial charge in [-0.1, -0.05) is 6.58 Å². The van der Waals surface area contributed by atoms with Gasteiger partial charge in [-0.25, -0.2) is 8.42 Å². The number of rotatable bonds is 8. The second-order valence-corrected chi connectivity index (χ2v) is 13.3. The van der Waals surface area contributed by atoms with Gasteiger partial charge in [-0.3, -0.25) is 9.59 Å². The van der Waals surface area contributed by atoms with Crippen LogP contribution in [-0.4, -0.2) is 50.2 Å². The average Bonchev–Trinajstić information content (AvgIpc) is 2.83. The summed E-state index contributed by atoms with van der Waals surface area (Å²) in [7, 11) is -3.70. The molecule has 4 aliphatic carbocycles. The largest absolute Gasteiger partial charge is 0.352 e. The van der Waals surface area contributed by atoms with E-state index in [4.69, 9.17) is 0 Å². The van der Waals surface area contributed by atoms with Gasteiger partial charge in [0.1, 0.15) is 0 Å². The van der Waals surface area contributed by atoms with Crippen LogP contribution in [0.15, 0.2) is 41.8 Å². The molecule has 190 valence electrons. The molecular formula is C27H37N3O4S. The topological polar surface area (TPSA) is 95.6 Å². The monoisotopic (exact) mass is 499 g/mol. The molecule has 7 nitrogen and oxygen atoms in total. The molecule has 4 bridgehead atoms. The number of piperidine rings is 1. The summed E-state index contributed by atoms with van der Waals surface area (Å²) in [6.07, 6.45) is 11.9.